The molecule has 0 spiro atoms. The average molecular weight is 261 g/mol. The molecule has 1 rings (SSSR count). The maximum Gasteiger partial charge on any atom is 0.416 e. The fourth-order valence-corrected chi connectivity index (χ4v) is 1.48. The molecule has 1 aromatic rings. The van der Waals surface area contributed by atoms with Crippen LogP contribution in [0.4, 0.5) is 13.2 Å². The predicted octanol–water partition coefficient (Wildman–Crippen LogP) is 3.39. The monoisotopic (exact) mass is 261 g/mol. The zero-order chi connectivity index (χ0) is 12.9. The largest absolute Gasteiger partial charge is 0.416 e. The number of nitrogens with zero attached hydrogens (tertiary/aromatic N) is 1. The van der Waals surface area contributed by atoms with Crippen molar-refractivity contribution in [3.8, 4) is 0 Å². The molecule has 0 saturated carbocycles. The van der Waals surface area contributed by atoms with Crippen molar-refractivity contribution in [2.75, 3.05) is 5.75 Å². The van der Waals surface area contributed by atoms with E-state index in [4.69, 9.17) is 0 Å². The van der Waals surface area contributed by atoms with E-state index in [2.05, 4.69) is 4.98 Å². The molecule has 0 aromatic carbocycles. The minimum atomic E-state index is -4.36. The van der Waals surface area contributed by atoms with Crippen molar-refractivity contribution < 1.29 is 18.0 Å². The van der Waals surface area contributed by atoms with Crippen LogP contribution in [-0.4, -0.2) is 15.9 Å². The van der Waals surface area contributed by atoms with Crippen LogP contribution in [0.15, 0.2) is 24.4 Å². The van der Waals surface area contributed by atoms with Crippen LogP contribution in [0.25, 0.3) is 6.08 Å². The van der Waals surface area contributed by atoms with Gasteiger partial charge in [0.2, 0.25) is 0 Å². The van der Waals surface area contributed by atoms with E-state index in [9.17, 15) is 18.0 Å². The first kappa shape index (κ1) is 13.8. The Hall–Kier alpha value is -1.30. The third kappa shape index (κ3) is 5.04. The van der Waals surface area contributed by atoms with E-state index in [1.54, 1.807) is 6.08 Å². The van der Waals surface area contributed by atoms with E-state index < -0.39 is 11.7 Å². The second-order valence-corrected chi connectivity index (χ2v) is 4.37. The van der Waals surface area contributed by atoms with Crippen LogP contribution in [0, 0.1) is 0 Å². The van der Waals surface area contributed by atoms with Crippen molar-refractivity contribution in [1.29, 1.82) is 0 Å². The maximum atomic E-state index is 12.4. The van der Waals surface area contributed by atoms with Crippen LogP contribution in [-0.2, 0) is 11.0 Å². The molecule has 6 heteroatoms. The van der Waals surface area contributed by atoms with E-state index >= 15 is 0 Å². The Kier molecular flexibility index (Phi) is 4.74. The molecule has 17 heavy (non-hydrogen) atoms. The summed E-state index contributed by atoms with van der Waals surface area (Å²) >= 11 is 1.08. The van der Waals surface area contributed by atoms with E-state index in [0.717, 1.165) is 30.1 Å². The summed E-state index contributed by atoms with van der Waals surface area (Å²) in [6.07, 6.45) is -0.181. The van der Waals surface area contributed by atoms with Crippen LogP contribution >= 0.6 is 11.8 Å². The zero-order valence-corrected chi connectivity index (χ0v) is 9.81. The predicted molar refractivity (Wildman–Crippen MR) is 61.4 cm³/mol. The molecule has 0 bridgehead atoms. The highest BCUT2D eigenvalue weighted by Gasteiger charge is 2.30. The quantitative estimate of drug-likeness (QED) is 0.835. The third-order valence-corrected chi connectivity index (χ3v) is 2.55. The molecule has 0 amide bonds. The maximum absolute atomic E-state index is 12.4. The second kappa shape index (κ2) is 5.86. The first-order valence-electron chi connectivity index (χ1n) is 4.73. The van der Waals surface area contributed by atoms with Crippen LogP contribution in [0.3, 0.4) is 0 Å². The van der Waals surface area contributed by atoms with E-state index in [-0.39, 0.29) is 10.8 Å². The fourth-order valence-electron chi connectivity index (χ4n) is 1.05. The first-order valence-corrected chi connectivity index (χ1v) is 5.71. The van der Waals surface area contributed by atoms with Crippen molar-refractivity contribution in [2.24, 2.45) is 0 Å². The molecule has 0 aliphatic rings. The summed E-state index contributed by atoms with van der Waals surface area (Å²) in [6.45, 7) is 1.43. The van der Waals surface area contributed by atoms with Gasteiger partial charge in [0.1, 0.15) is 0 Å². The number of pyridine rings is 1. The Balaban J connectivity index is 2.69. The Morgan fingerprint density at radius 1 is 1.53 bits per heavy atom. The van der Waals surface area contributed by atoms with Crippen LogP contribution < -0.4 is 0 Å². The molecule has 92 valence electrons. The third-order valence-electron chi connectivity index (χ3n) is 1.78. The van der Waals surface area contributed by atoms with Gasteiger partial charge in [-0.3, -0.25) is 9.78 Å². The van der Waals surface area contributed by atoms with Crippen molar-refractivity contribution in [3.05, 3.63) is 35.7 Å². The minimum Gasteiger partial charge on any atom is -0.288 e. The molecular formula is C11H10F3NOS. The lowest BCUT2D eigenvalue weighted by atomic mass is 10.2. The summed E-state index contributed by atoms with van der Waals surface area (Å²) in [5.41, 5.74) is -0.504. The van der Waals surface area contributed by atoms with Gasteiger partial charge < -0.3 is 0 Å². The lowest BCUT2D eigenvalue weighted by Gasteiger charge is -2.05. The number of carbonyl (C=O) groups excluding carboxylic acids is 1. The number of thioether (sulfide) groups is 1. The molecule has 0 aliphatic carbocycles. The van der Waals surface area contributed by atoms with E-state index in [1.165, 1.54) is 13.0 Å². The molecule has 1 heterocycles. The number of hydrogen-bond donors (Lipinski definition) is 0. The number of rotatable bonds is 3. The summed E-state index contributed by atoms with van der Waals surface area (Å²) in [5, 5.41) is -0.0355. The van der Waals surface area contributed by atoms with Gasteiger partial charge in [0.15, 0.2) is 5.12 Å². The minimum absolute atomic E-state index is 0.0355. The summed E-state index contributed by atoms with van der Waals surface area (Å²) in [6, 6.07) is 1.89. The van der Waals surface area contributed by atoms with Crippen LogP contribution in [0.5, 0.6) is 0 Å². The SMILES string of the molecule is CC(=O)SCC=Cc1cc(C(F)(F)F)ccn1. The number of alkyl halides is 3. The van der Waals surface area contributed by atoms with Gasteiger partial charge in [-0.15, -0.1) is 0 Å². The molecular weight excluding hydrogens is 251 g/mol. The molecule has 1 aromatic heterocycles. The van der Waals surface area contributed by atoms with Crippen molar-refractivity contribution in [2.45, 2.75) is 13.1 Å². The molecule has 0 unspecified atom stereocenters. The number of hydrogen-bond acceptors (Lipinski definition) is 3. The lowest BCUT2D eigenvalue weighted by molar-refractivity contribution is -0.137. The van der Waals surface area contributed by atoms with Gasteiger partial charge in [-0.2, -0.15) is 13.2 Å². The first-order chi connectivity index (χ1) is 7.89. The fraction of sp³-hybridized carbons (Fsp3) is 0.273. The average Bonchev–Trinajstić information content (AvgIpc) is 2.23. The normalized spacial score (nSPS) is 12.0. The van der Waals surface area contributed by atoms with Gasteiger partial charge in [-0.05, 0) is 18.2 Å². The molecule has 0 radical (unpaired) electrons. The summed E-state index contributed by atoms with van der Waals surface area (Å²) in [4.78, 5) is 14.4. The Morgan fingerprint density at radius 3 is 2.82 bits per heavy atom. The van der Waals surface area contributed by atoms with Crippen molar-refractivity contribution in [3.63, 3.8) is 0 Å². The molecule has 0 saturated heterocycles. The van der Waals surface area contributed by atoms with Crippen molar-refractivity contribution >= 4 is 23.0 Å². The summed E-state index contributed by atoms with van der Waals surface area (Å²) in [5.74, 6) is 0.424. The Labute approximate surface area is 101 Å². The highest BCUT2D eigenvalue weighted by molar-refractivity contribution is 8.13. The highest BCUT2D eigenvalue weighted by Crippen LogP contribution is 2.29. The smallest absolute Gasteiger partial charge is 0.288 e. The molecule has 0 fully saturated rings. The standard InChI is InChI=1S/C11H10F3NOS/c1-8(16)17-6-2-3-10-7-9(4-5-15-10)11(12,13)14/h2-5,7H,6H2,1H3. The highest BCUT2D eigenvalue weighted by atomic mass is 32.2. The van der Waals surface area contributed by atoms with Gasteiger partial charge in [-0.25, -0.2) is 0 Å². The Morgan fingerprint density at radius 2 is 2.24 bits per heavy atom. The molecule has 0 N–H and O–H groups in total. The topological polar surface area (TPSA) is 30.0 Å². The van der Waals surface area contributed by atoms with Gasteiger partial charge in [0.05, 0.1) is 11.3 Å². The zero-order valence-electron chi connectivity index (χ0n) is 8.99. The van der Waals surface area contributed by atoms with Gasteiger partial charge in [0, 0.05) is 18.9 Å². The summed E-state index contributed by atoms with van der Waals surface area (Å²) in [7, 11) is 0. The Bertz CT molecular complexity index is 429. The van der Waals surface area contributed by atoms with Gasteiger partial charge in [-0.1, -0.05) is 17.8 Å². The molecule has 0 atom stereocenters. The van der Waals surface area contributed by atoms with Crippen molar-refractivity contribution in [1.82, 2.24) is 4.98 Å². The number of aromatic nitrogens is 1. The van der Waals surface area contributed by atoms with E-state index in [0.29, 0.717) is 5.75 Å². The number of halogens is 3. The lowest BCUT2D eigenvalue weighted by Crippen LogP contribution is -2.05. The number of carbonyl (C=O) groups is 1. The van der Waals surface area contributed by atoms with Gasteiger partial charge in [0.25, 0.3) is 0 Å². The second-order valence-electron chi connectivity index (χ2n) is 3.17. The van der Waals surface area contributed by atoms with Crippen LogP contribution in [0.1, 0.15) is 18.2 Å². The van der Waals surface area contributed by atoms with Crippen LogP contribution in [0.2, 0.25) is 0 Å². The van der Waals surface area contributed by atoms with Gasteiger partial charge >= 0.3 is 6.18 Å². The molecule has 0 aliphatic heterocycles. The summed E-state index contributed by atoms with van der Waals surface area (Å²) < 4.78 is 37.1. The molecule has 2 nitrogen and oxygen atoms in total. The van der Waals surface area contributed by atoms with E-state index in [1.807, 2.05) is 0 Å².